The van der Waals surface area contributed by atoms with Gasteiger partial charge in [0.05, 0.1) is 16.9 Å². The van der Waals surface area contributed by atoms with Gasteiger partial charge in [0, 0.05) is 17.0 Å². The van der Waals surface area contributed by atoms with Crippen molar-refractivity contribution in [3.8, 4) is 11.3 Å². The predicted octanol–water partition coefficient (Wildman–Crippen LogP) is 5.82. The summed E-state index contributed by atoms with van der Waals surface area (Å²) in [7, 11) is 0. The topological polar surface area (TPSA) is 24.9 Å². The molecule has 0 radical (unpaired) electrons. The molecule has 3 aromatic rings. The lowest BCUT2D eigenvalue weighted by Gasteiger charge is -2.28. The van der Waals surface area contributed by atoms with E-state index in [1.807, 2.05) is 6.07 Å². The second-order valence-corrected chi connectivity index (χ2v) is 6.76. The molecule has 1 N–H and O–H groups in total. The number of fused-ring (bicyclic) bond motifs is 3. The molecule has 0 amide bonds. The van der Waals surface area contributed by atoms with Gasteiger partial charge in [-0.3, -0.25) is 0 Å². The summed E-state index contributed by atoms with van der Waals surface area (Å²) in [5.41, 5.74) is 6.02. The van der Waals surface area contributed by atoms with E-state index in [0.717, 1.165) is 17.6 Å². The van der Waals surface area contributed by atoms with Gasteiger partial charge in [-0.2, -0.15) is 0 Å². The van der Waals surface area contributed by atoms with Gasteiger partial charge in [0.2, 0.25) is 0 Å². The highest BCUT2D eigenvalue weighted by Gasteiger charge is 2.20. The lowest BCUT2D eigenvalue weighted by atomic mass is 9.93. The number of unbranched alkanes of at least 4 members (excludes halogenated alkanes) is 1. The van der Waals surface area contributed by atoms with Gasteiger partial charge >= 0.3 is 0 Å². The Balaban J connectivity index is 1.76. The number of nitrogens with zero attached hydrogens (tertiary/aromatic N) is 1. The lowest BCUT2D eigenvalue weighted by molar-refractivity contribution is 0.558. The Bertz CT molecular complexity index is 839. The Kier molecular flexibility index (Phi) is 4.20. The molecule has 1 aliphatic rings. The van der Waals surface area contributed by atoms with Gasteiger partial charge in [0.1, 0.15) is 0 Å². The Hall–Kier alpha value is -2.35. The number of pyridine rings is 1. The van der Waals surface area contributed by atoms with Crippen LogP contribution in [0.4, 0.5) is 5.69 Å². The fourth-order valence-electron chi connectivity index (χ4n) is 3.64. The van der Waals surface area contributed by atoms with E-state index in [0.29, 0.717) is 6.04 Å². The maximum Gasteiger partial charge on any atom is 0.0943 e. The second kappa shape index (κ2) is 6.64. The van der Waals surface area contributed by atoms with Crippen LogP contribution in [-0.4, -0.2) is 11.0 Å². The van der Waals surface area contributed by atoms with E-state index in [2.05, 4.69) is 60.8 Å². The standard InChI is InChI=1S/C22H24N2/c1-2-3-9-19-14-12-17-10-11-18-13-15-20(16-7-5-4-6-8-16)24-22(18)21(17)23-19/h4-8,10-11,13,15,19,23H,2-3,9,12,14H2,1H3. The van der Waals surface area contributed by atoms with Crippen LogP contribution in [0.1, 0.15) is 38.2 Å². The van der Waals surface area contributed by atoms with Crippen molar-refractivity contribution in [2.24, 2.45) is 0 Å². The van der Waals surface area contributed by atoms with Crippen molar-refractivity contribution in [1.82, 2.24) is 4.98 Å². The molecule has 1 atom stereocenters. The third-order valence-electron chi connectivity index (χ3n) is 5.03. The normalized spacial score (nSPS) is 16.6. The Morgan fingerprint density at radius 2 is 1.88 bits per heavy atom. The molecule has 24 heavy (non-hydrogen) atoms. The fourth-order valence-corrected chi connectivity index (χ4v) is 3.64. The van der Waals surface area contributed by atoms with E-state index in [1.165, 1.54) is 47.9 Å². The van der Waals surface area contributed by atoms with E-state index in [9.17, 15) is 0 Å². The summed E-state index contributed by atoms with van der Waals surface area (Å²) in [5, 5.41) is 5.01. The van der Waals surface area contributed by atoms with Crippen LogP contribution in [0.2, 0.25) is 0 Å². The molecule has 2 nitrogen and oxygen atoms in total. The van der Waals surface area contributed by atoms with Crippen molar-refractivity contribution in [2.45, 2.75) is 45.1 Å². The van der Waals surface area contributed by atoms with Crippen LogP contribution in [0.15, 0.2) is 54.6 Å². The summed E-state index contributed by atoms with van der Waals surface area (Å²) in [6.45, 7) is 2.26. The summed E-state index contributed by atoms with van der Waals surface area (Å²) in [5.74, 6) is 0. The molecule has 1 unspecified atom stereocenters. The third kappa shape index (κ3) is 2.89. The van der Waals surface area contributed by atoms with E-state index < -0.39 is 0 Å². The predicted molar refractivity (Wildman–Crippen MR) is 102 cm³/mol. The highest BCUT2D eigenvalue weighted by molar-refractivity contribution is 5.94. The number of benzene rings is 2. The zero-order chi connectivity index (χ0) is 16.4. The molecule has 122 valence electrons. The maximum atomic E-state index is 5.01. The van der Waals surface area contributed by atoms with Gasteiger partial charge in [-0.1, -0.05) is 68.3 Å². The van der Waals surface area contributed by atoms with E-state index in [1.54, 1.807) is 0 Å². The second-order valence-electron chi connectivity index (χ2n) is 6.76. The first-order valence-electron chi connectivity index (χ1n) is 9.10. The van der Waals surface area contributed by atoms with E-state index >= 15 is 0 Å². The third-order valence-corrected chi connectivity index (χ3v) is 5.03. The molecule has 0 saturated carbocycles. The quantitative estimate of drug-likeness (QED) is 0.656. The van der Waals surface area contributed by atoms with Crippen LogP contribution in [0.5, 0.6) is 0 Å². The molecule has 0 bridgehead atoms. The molecule has 1 aromatic heterocycles. The molecule has 4 rings (SSSR count). The monoisotopic (exact) mass is 316 g/mol. The van der Waals surface area contributed by atoms with Gasteiger partial charge in [-0.25, -0.2) is 4.98 Å². The molecule has 2 heteroatoms. The lowest BCUT2D eigenvalue weighted by Crippen LogP contribution is -2.25. The largest absolute Gasteiger partial charge is 0.380 e. The van der Waals surface area contributed by atoms with Crippen molar-refractivity contribution >= 4 is 16.6 Å². The van der Waals surface area contributed by atoms with E-state index in [4.69, 9.17) is 4.98 Å². The van der Waals surface area contributed by atoms with Gasteiger partial charge in [0.15, 0.2) is 0 Å². The molecule has 2 aromatic carbocycles. The number of aryl methyl sites for hydroxylation is 1. The minimum Gasteiger partial charge on any atom is -0.380 e. The first-order valence-corrected chi connectivity index (χ1v) is 9.10. The average Bonchev–Trinajstić information content (AvgIpc) is 2.66. The van der Waals surface area contributed by atoms with Crippen molar-refractivity contribution in [3.63, 3.8) is 0 Å². The Morgan fingerprint density at radius 3 is 2.71 bits per heavy atom. The summed E-state index contributed by atoms with van der Waals surface area (Å²) in [6, 6.07) is 19.8. The summed E-state index contributed by atoms with van der Waals surface area (Å²) < 4.78 is 0. The Labute approximate surface area is 143 Å². The molecule has 0 spiro atoms. The van der Waals surface area contributed by atoms with Gasteiger partial charge in [-0.15, -0.1) is 0 Å². The highest BCUT2D eigenvalue weighted by atomic mass is 14.9. The number of rotatable bonds is 4. The summed E-state index contributed by atoms with van der Waals surface area (Å²) >= 11 is 0. The van der Waals surface area contributed by atoms with Gasteiger partial charge in [0.25, 0.3) is 0 Å². The molecular formula is C22H24N2. The highest BCUT2D eigenvalue weighted by Crippen LogP contribution is 2.34. The van der Waals surface area contributed by atoms with Crippen molar-refractivity contribution in [1.29, 1.82) is 0 Å². The molecule has 0 aliphatic carbocycles. The molecular weight excluding hydrogens is 292 g/mol. The first-order chi connectivity index (χ1) is 11.8. The van der Waals surface area contributed by atoms with Crippen LogP contribution in [0.25, 0.3) is 22.2 Å². The van der Waals surface area contributed by atoms with Crippen LogP contribution < -0.4 is 5.32 Å². The van der Waals surface area contributed by atoms with E-state index in [-0.39, 0.29) is 0 Å². The number of hydrogen-bond acceptors (Lipinski definition) is 2. The number of anilines is 1. The fraction of sp³-hybridized carbons (Fsp3) is 0.318. The Morgan fingerprint density at radius 1 is 1.04 bits per heavy atom. The van der Waals surface area contributed by atoms with Crippen molar-refractivity contribution in [3.05, 3.63) is 60.2 Å². The summed E-state index contributed by atoms with van der Waals surface area (Å²) in [6.07, 6.45) is 6.20. The SMILES string of the molecule is CCCCC1CCc2ccc3ccc(-c4ccccc4)nc3c2N1. The minimum absolute atomic E-state index is 0.588. The average molecular weight is 316 g/mol. The van der Waals surface area contributed by atoms with Gasteiger partial charge in [-0.05, 0) is 30.9 Å². The number of nitrogens with one attached hydrogen (secondary N) is 1. The number of aromatic nitrogens is 1. The zero-order valence-electron chi connectivity index (χ0n) is 14.3. The van der Waals surface area contributed by atoms with Crippen LogP contribution in [0, 0.1) is 0 Å². The van der Waals surface area contributed by atoms with Crippen LogP contribution in [-0.2, 0) is 6.42 Å². The minimum atomic E-state index is 0.588. The molecule has 0 saturated heterocycles. The van der Waals surface area contributed by atoms with Crippen molar-refractivity contribution in [2.75, 3.05) is 5.32 Å². The van der Waals surface area contributed by atoms with Crippen LogP contribution >= 0.6 is 0 Å². The zero-order valence-corrected chi connectivity index (χ0v) is 14.3. The molecule has 0 fully saturated rings. The smallest absolute Gasteiger partial charge is 0.0943 e. The molecule has 2 heterocycles. The number of hydrogen-bond donors (Lipinski definition) is 1. The summed E-state index contributed by atoms with van der Waals surface area (Å²) in [4.78, 5) is 5.01. The van der Waals surface area contributed by atoms with Crippen LogP contribution in [0.3, 0.4) is 0 Å². The van der Waals surface area contributed by atoms with Crippen molar-refractivity contribution < 1.29 is 0 Å². The molecule has 1 aliphatic heterocycles. The van der Waals surface area contributed by atoms with Gasteiger partial charge < -0.3 is 5.32 Å². The maximum absolute atomic E-state index is 5.01. The first kappa shape index (κ1) is 15.2.